The summed E-state index contributed by atoms with van der Waals surface area (Å²) >= 11 is 4.28. The topological polar surface area (TPSA) is 17.1 Å². The molecule has 0 radical (unpaired) electrons. The van der Waals surface area contributed by atoms with Crippen LogP contribution >= 0.6 is 27.3 Å². The zero-order valence-electron chi connectivity index (χ0n) is 3.93. The fourth-order valence-corrected chi connectivity index (χ4v) is 1.24. The average molecular weight is 191 g/mol. The second-order valence-electron chi connectivity index (χ2n) is 1.25. The molecule has 0 bridgehead atoms. The largest absolute Gasteiger partial charge is 0.277 e. The van der Waals surface area contributed by atoms with Crippen molar-refractivity contribution in [3.63, 3.8) is 0 Å². The lowest BCUT2D eigenvalue weighted by molar-refractivity contribution is 1.69. The van der Waals surface area contributed by atoms with Crippen LogP contribution in [-0.2, 0) is 0 Å². The van der Waals surface area contributed by atoms with E-state index in [1.807, 2.05) is 6.07 Å². The molecule has 0 aliphatic heterocycles. The van der Waals surface area contributed by atoms with Crippen molar-refractivity contribution in [3.05, 3.63) is 31.5 Å². The van der Waals surface area contributed by atoms with E-state index in [0.29, 0.717) is 4.47 Å². The van der Waals surface area contributed by atoms with Crippen LogP contribution < -0.4 is 4.74 Å². The first-order chi connectivity index (χ1) is 3.80. The Hall–Kier alpha value is -0.150. The molecule has 0 aliphatic carbocycles. The van der Waals surface area contributed by atoms with Crippen molar-refractivity contribution in [2.24, 2.45) is 0 Å². The van der Waals surface area contributed by atoms with Gasteiger partial charge in [-0.2, -0.15) is 0 Å². The van der Waals surface area contributed by atoms with Gasteiger partial charge in [0.1, 0.15) is 0 Å². The lowest BCUT2D eigenvalue weighted by Crippen LogP contribution is -1.90. The van der Waals surface area contributed by atoms with Crippen LogP contribution in [0.3, 0.4) is 0 Å². The van der Waals surface area contributed by atoms with Crippen molar-refractivity contribution in [3.8, 4) is 0 Å². The van der Waals surface area contributed by atoms with E-state index >= 15 is 0 Å². The molecule has 1 rings (SSSR count). The summed E-state index contributed by atoms with van der Waals surface area (Å²) in [5.74, 6) is 0. The van der Waals surface area contributed by atoms with Crippen LogP contribution in [0.4, 0.5) is 0 Å². The lowest BCUT2D eigenvalue weighted by atomic mass is 10.6. The third-order valence-corrected chi connectivity index (χ3v) is 2.31. The van der Waals surface area contributed by atoms with E-state index in [1.165, 1.54) is 11.3 Å². The summed E-state index contributed by atoms with van der Waals surface area (Å²) in [6, 6.07) is 3.56. The fourth-order valence-electron chi connectivity index (χ4n) is 0.349. The van der Waals surface area contributed by atoms with Gasteiger partial charge in [-0.3, -0.25) is 4.79 Å². The zero-order chi connectivity index (χ0) is 5.98. The third-order valence-electron chi connectivity index (χ3n) is 0.691. The second-order valence-corrected chi connectivity index (χ2v) is 2.98. The van der Waals surface area contributed by atoms with Crippen LogP contribution in [-0.4, -0.2) is 0 Å². The molecule has 3 heteroatoms. The molecule has 0 unspecified atom stereocenters. The van der Waals surface area contributed by atoms with Crippen LogP contribution in [0.25, 0.3) is 0 Å². The van der Waals surface area contributed by atoms with E-state index in [-0.39, 0.29) is 4.74 Å². The smallest absolute Gasteiger partial charge is 0.246 e. The molecular weight excluding hydrogens is 188 g/mol. The van der Waals surface area contributed by atoms with Gasteiger partial charge in [0.25, 0.3) is 0 Å². The second kappa shape index (κ2) is 2.42. The van der Waals surface area contributed by atoms with Crippen LogP contribution in [0, 0.1) is 0 Å². The number of hydrogen-bond acceptors (Lipinski definition) is 2. The molecule has 0 aliphatic rings. The van der Waals surface area contributed by atoms with Crippen molar-refractivity contribution in [2.45, 2.75) is 0 Å². The maximum Gasteiger partial charge on any atom is 0.246 e. The maximum atomic E-state index is 10.6. The van der Waals surface area contributed by atoms with Gasteiger partial charge in [0.15, 0.2) is 0 Å². The van der Waals surface area contributed by atoms with Crippen LogP contribution in [0.15, 0.2) is 26.8 Å². The van der Waals surface area contributed by atoms with Gasteiger partial charge in [-0.15, -0.1) is 11.3 Å². The Morgan fingerprint density at radius 3 is 2.75 bits per heavy atom. The summed E-state index contributed by atoms with van der Waals surface area (Å²) in [7, 11) is 0. The molecule has 1 nitrogen and oxygen atoms in total. The minimum absolute atomic E-state index is 0.0764. The normalized spacial score (nSPS) is 9.12. The molecule has 0 amide bonds. The molecule has 0 aromatic carbocycles. The molecule has 1 aromatic rings. The summed E-state index contributed by atoms with van der Waals surface area (Å²) in [6.07, 6.45) is 0. The molecule has 0 saturated heterocycles. The summed E-state index contributed by atoms with van der Waals surface area (Å²) in [6.45, 7) is 0. The first kappa shape index (κ1) is 5.98. The quantitative estimate of drug-likeness (QED) is 0.611. The van der Waals surface area contributed by atoms with Gasteiger partial charge >= 0.3 is 0 Å². The summed E-state index contributed by atoms with van der Waals surface area (Å²) in [4.78, 5) is 10.6. The highest BCUT2D eigenvalue weighted by molar-refractivity contribution is 9.10. The van der Waals surface area contributed by atoms with E-state index in [1.54, 1.807) is 11.4 Å². The van der Waals surface area contributed by atoms with Crippen molar-refractivity contribution < 1.29 is 0 Å². The molecule has 1 aromatic heterocycles. The van der Waals surface area contributed by atoms with Crippen molar-refractivity contribution in [1.29, 1.82) is 0 Å². The highest BCUT2D eigenvalue weighted by Gasteiger charge is 1.87. The van der Waals surface area contributed by atoms with E-state index in [4.69, 9.17) is 0 Å². The Labute approximate surface area is 59.1 Å². The molecule has 42 valence electrons. The number of hydrogen-bond donors (Lipinski definition) is 0. The molecule has 1 heterocycles. The Morgan fingerprint density at radius 1 is 1.62 bits per heavy atom. The SMILES string of the molecule is O=c1scccc1Br. The number of halogens is 1. The van der Waals surface area contributed by atoms with Crippen molar-refractivity contribution in [2.75, 3.05) is 0 Å². The zero-order valence-corrected chi connectivity index (χ0v) is 6.33. The van der Waals surface area contributed by atoms with Gasteiger partial charge in [-0.1, -0.05) is 6.07 Å². The lowest BCUT2D eigenvalue weighted by Gasteiger charge is -1.79. The summed E-state index contributed by atoms with van der Waals surface area (Å²) < 4.78 is 0.720. The minimum Gasteiger partial charge on any atom is -0.277 e. The monoisotopic (exact) mass is 190 g/mol. The highest BCUT2D eigenvalue weighted by atomic mass is 79.9. The molecule has 0 saturated carbocycles. The van der Waals surface area contributed by atoms with E-state index in [2.05, 4.69) is 15.9 Å². The average Bonchev–Trinajstić information content (AvgIpc) is 1.77. The fraction of sp³-hybridized carbons (Fsp3) is 0. The predicted molar refractivity (Wildman–Crippen MR) is 38.3 cm³/mol. The Morgan fingerprint density at radius 2 is 2.38 bits per heavy atom. The van der Waals surface area contributed by atoms with Gasteiger partial charge in [-0.05, 0) is 27.4 Å². The van der Waals surface area contributed by atoms with Gasteiger partial charge < -0.3 is 0 Å². The Kier molecular flexibility index (Phi) is 1.81. The van der Waals surface area contributed by atoms with Gasteiger partial charge in [-0.25, -0.2) is 0 Å². The van der Waals surface area contributed by atoms with Gasteiger partial charge in [0, 0.05) is 0 Å². The van der Waals surface area contributed by atoms with Crippen LogP contribution in [0.2, 0.25) is 0 Å². The molecular formula is C5H3BrOS. The molecule has 0 fully saturated rings. The van der Waals surface area contributed by atoms with E-state index in [9.17, 15) is 4.79 Å². The van der Waals surface area contributed by atoms with Crippen molar-refractivity contribution in [1.82, 2.24) is 0 Å². The van der Waals surface area contributed by atoms with E-state index in [0.717, 1.165) is 0 Å². The third kappa shape index (κ3) is 1.17. The standard InChI is InChI=1S/C5H3BrOS/c6-4-2-1-3-8-5(4)7/h1-3H. The first-order valence-electron chi connectivity index (χ1n) is 2.04. The van der Waals surface area contributed by atoms with Gasteiger partial charge in [0.2, 0.25) is 4.74 Å². The number of rotatable bonds is 0. The first-order valence-corrected chi connectivity index (χ1v) is 3.71. The Bertz CT molecular complexity index is 230. The van der Waals surface area contributed by atoms with Crippen LogP contribution in [0.5, 0.6) is 0 Å². The van der Waals surface area contributed by atoms with Crippen molar-refractivity contribution >= 4 is 27.3 Å². The van der Waals surface area contributed by atoms with Crippen LogP contribution in [0.1, 0.15) is 0 Å². The molecule has 0 N–H and O–H groups in total. The minimum atomic E-state index is 0.0764. The molecule has 0 spiro atoms. The summed E-state index contributed by atoms with van der Waals surface area (Å²) in [5.41, 5.74) is 0. The highest BCUT2D eigenvalue weighted by Crippen LogP contribution is 2.01. The van der Waals surface area contributed by atoms with Gasteiger partial charge in [0.05, 0.1) is 4.47 Å². The predicted octanol–water partition coefficient (Wildman–Crippen LogP) is 1.87. The summed E-state index contributed by atoms with van der Waals surface area (Å²) in [5, 5.41) is 1.76. The maximum absolute atomic E-state index is 10.6. The molecule has 8 heavy (non-hydrogen) atoms. The molecule has 0 atom stereocenters. The Balaban J connectivity index is 3.35. The van der Waals surface area contributed by atoms with E-state index < -0.39 is 0 Å².